The maximum Gasteiger partial charge on any atom is 0.240 e. The van der Waals surface area contributed by atoms with Gasteiger partial charge in [-0.25, -0.2) is 9.97 Å². The number of aromatic nitrogens is 2. The maximum absolute atomic E-state index is 11.8. The van der Waals surface area contributed by atoms with Crippen LogP contribution in [0.3, 0.4) is 0 Å². The van der Waals surface area contributed by atoms with Crippen molar-refractivity contribution in [2.45, 2.75) is 25.8 Å². The monoisotopic (exact) mass is 252 g/mol. The molecule has 1 aromatic rings. The number of nitrogens with one attached hydrogen (secondary N) is 1. The Morgan fingerprint density at radius 3 is 2.61 bits per heavy atom. The number of amides is 1. The van der Waals surface area contributed by atoms with Crippen LogP contribution in [-0.2, 0) is 4.79 Å². The summed E-state index contributed by atoms with van der Waals surface area (Å²) in [7, 11) is 1.76. The van der Waals surface area contributed by atoms with Gasteiger partial charge in [-0.2, -0.15) is 0 Å². The van der Waals surface area contributed by atoms with Gasteiger partial charge in [-0.3, -0.25) is 4.79 Å². The van der Waals surface area contributed by atoms with Crippen LogP contribution in [0.25, 0.3) is 0 Å². The summed E-state index contributed by atoms with van der Waals surface area (Å²) in [6, 6.07) is 1.72. The van der Waals surface area contributed by atoms with Crippen LogP contribution in [-0.4, -0.2) is 46.7 Å². The molecule has 0 aromatic carbocycles. The van der Waals surface area contributed by atoms with E-state index in [0.717, 1.165) is 0 Å². The number of anilines is 1. The predicted molar refractivity (Wildman–Crippen MR) is 69.2 cm³/mol. The van der Waals surface area contributed by atoms with Gasteiger partial charge in [0.25, 0.3) is 0 Å². The number of rotatable bonds is 6. The predicted octanol–water partition coefficient (Wildman–Crippen LogP) is 0.190. The van der Waals surface area contributed by atoms with Gasteiger partial charge in [0.15, 0.2) is 0 Å². The molecular weight excluding hydrogens is 232 g/mol. The number of hydrogen-bond donors (Lipinski definition) is 2. The fourth-order valence-electron chi connectivity index (χ4n) is 1.53. The summed E-state index contributed by atoms with van der Waals surface area (Å²) >= 11 is 0. The zero-order chi connectivity index (χ0) is 13.6. The smallest absolute Gasteiger partial charge is 0.240 e. The molecule has 0 aliphatic carbocycles. The lowest BCUT2D eigenvalue weighted by Gasteiger charge is -2.26. The Balaban J connectivity index is 2.50. The molecule has 0 saturated heterocycles. The van der Waals surface area contributed by atoms with Crippen LogP contribution in [0.15, 0.2) is 18.5 Å². The molecule has 1 heterocycles. The first kappa shape index (κ1) is 14.4. The van der Waals surface area contributed by atoms with Crippen molar-refractivity contribution in [3.63, 3.8) is 0 Å². The zero-order valence-electron chi connectivity index (χ0n) is 11.1. The van der Waals surface area contributed by atoms with Crippen LogP contribution in [0.5, 0.6) is 0 Å². The minimum atomic E-state index is -0.412. The number of carbonyl (C=O) groups is 1. The van der Waals surface area contributed by atoms with Crippen molar-refractivity contribution in [2.24, 2.45) is 0 Å². The van der Waals surface area contributed by atoms with Crippen LogP contribution in [0, 0.1) is 0 Å². The fraction of sp³-hybridized carbons (Fsp3) is 0.583. The molecular formula is C12H20N4O2. The van der Waals surface area contributed by atoms with E-state index in [9.17, 15) is 4.79 Å². The first-order chi connectivity index (χ1) is 8.44. The van der Waals surface area contributed by atoms with Crippen LogP contribution < -0.4 is 10.2 Å². The lowest BCUT2D eigenvalue weighted by Crippen LogP contribution is -2.47. The highest BCUT2D eigenvalue weighted by Gasteiger charge is 2.20. The third-order valence-corrected chi connectivity index (χ3v) is 2.49. The van der Waals surface area contributed by atoms with E-state index in [2.05, 4.69) is 15.3 Å². The minimum Gasteiger partial charge on any atom is -0.396 e. The van der Waals surface area contributed by atoms with Crippen LogP contribution in [0.4, 0.5) is 5.95 Å². The summed E-state index contributed by atoms with van der Waals surface area (Å²) in [4.78, 5) is 21.6. The van der Waals surface area contributed by atoms with Gasteiger partial charge in [0, 0.05) is 31.6 Å². The molecule has 100 valence electrons. The SMILES string of the molecule is CN(CC(=O)NC(C)(C)CCO)c1ncccn1. The standard InChI is InChI=1S/C12H20N4O2/c1-12(2,5-8-17)15-10(18)9-16(3)11-13-6-4-7-14-11/h4,6-7,17H,5,8-9H2,1-3H3,(H,15,18). The van der Waals surface area contributed by atoms with Crippen molar-refractivity contribution in [1.82, 2.24) is 15.3 Å². The number of hydrogen-bond acceptors (Lipinski definition) is 5. The van der Waals surface area contributed by atoms with E-state index in [1.54, 1.807) is 30.4 Å². The minimum absolute atomic E-state index is 0.0465. The molecule has 18 heavy (non-hydrogen) atoms. The largest absolute Gasteiger partial charge is 0.396 e. The molecule has 0 aliphatic heterocycles. The van der Waals surface area contributed by atoms with Gasteiger partial charge in [0.2, 0.25) is 11.9 Å². The Bertz CT molecular complexity index is 381. The number of aliphatic hydroxyl groups excluding tert-OH is 1. The average Bonchev–Trinajstić information content (AvgIpc) is 2.28. The van der Waals surface area contributed by atoms with E-state index in [4.69, 9.17) is 5.11 Å². The van der Waals surface area contributed by atoms with Crippen molar-refractivity contribution in [1.29, 1.82) is 0 Å². The van der Waals surface area contributed by atoms with Gasteiger partial charge in [0.05, 0.1) is 6.54 Å². The molecule has 6 nitrogen and oxygen atoms in total. The third-order valence-electron chi connectivity index (χ3n) is 2.49. The molecule has 0 aliphatic rings. The first-order valence-corrected chi connectivity index (χ1v) is 5.84. The van der Waals surface area contributed by atoms with E-state index in [1.807, 2.05) is 13.8 Å². The topological polar surface area (TPSA) is 78.4 Å². The summed E-state index contributed by atoms with van der Waals surface area (Å²) in [5.41, 5.74) is -0.412. The van der Waals surface area contributed by atoms with Crippen molar-refractivity contribution < 1.29 is 9.90 Å². The lowest BCUT2D eigenvalue weighted by atomic mass is 10.0. The van der Waals surface area contributed by atoms with Crippen LogP contribution in [0.1, 0.15) is 20.3 Å². The third kappa shape index (κ3) is 4.67. The Kier molecular flexibility index (Phi) is 5.03. The van der Waals surface area contributed by atoms with Crippen molar-refractivity contribution in [2.75, 3.05) is 25.1 Å². The van der Waals surface area contributed by atoms with Gasteiger partial charge >= 0.3 is 0 Å². The molecule has 0 saturated carbocycles. The van der Waals surface area contributed by atoms with Crippen molar-refractivity contribution in [3.05, 3.63) is 18.5 Å². The van der Waals surface area contributed by atoms with Gasteiger partial charge in [-0.15, -0.1) is 0 Å². The Labute approximate surface area is 107 Å². The second kappa shape index (κ2) is 6.30. The van der Waals surface area contributed by atoms with E-state index < -0.39 is 5.54 Å². The van der Waals surface area contributed by atoms with Gasteiger partial charge in [-0.05, 0) is 26.3 Å². The normalized spacial score (nSPS) is 11.1. The van der Waals surface area contributed by atoms with Gasteiger partial charge in [0.1, 0.15) is 0 Å². The summed E-state index contributed by atoms with van der Waals surface area (Å²) < 4.78 is 0. The molecule has 1 amide bonds. The zero-order valence-corrected chi connectivity index (χ0v) is 11.1. The molecule has 2 N–H and O–H groups in total. The second-order valence-corrected chi connectivity index (χ2v) is 4.81. The molecule has 6 heteroatoms. The molecule has 1 rings (SSSR count). The maximum atomic E-state index is 11.8. The molecule has 0 unspecified atom stereocenters. The Hall–Kier alpha value is -1.69. The number of likely N-dealkylation sites (N-methyl/N-ethyl adjacent to an activating group) is 1. The molecule has 0 bridgehead atoms. The summed E-state index contributed by atoms with van der Waals surface area (Å²) in [6.45, 7) is 3.98. The van der Waals surface area contributed by atoms with Crippen LogP contribution in [0.2, 0.25) is 0 Å². The molecule has 1 aromatic heterocycles. The lowest BCUT2D eigenvalue weighted by molar-refractivity contribution is -0.121. The second-order valence-electron chi connectivity index (χ2n) is 4.81. The number of nitrogens with zero attached hydrogens (tertiary/aromatic N) is 3. The Morgan fingerprint density at radius 1 is 1.44 bits per heavy atom. The summed E-state index contributed by atoms with van der Waals surface area (Å²) in [5, 5.41) is 11.8. The molecule has 0 atom stereocenters. The van der Waals surface area contributed by atoms with E-state index in [1.165, 1.54) is 0 Å². The summed E-state index contributed by atoms with van der Waals surface area (Å²) in [5.74, 6) is 0.385. The average molecular weight is 252 g/mol. The van der Waals surface area contributed by atoms with Gasteiger partial charge in [-0.1, -0.05) is 0 Å². The van der Waals surface area contributed by atoms with E-state index in [0.29, 0.717) is 12.4 Å². The highest BCUT2D eigenvalue weighted by molar-refractivity contribution is 5.81. The van der Waals surface area contributed by atoms with E-state index >= 15 is 0 Å². The molecule has 0 spiro atoms. The molecule has 0 radical (unpaired) electrons. The highest BCUT2D eigenvalue weighted by Crippen LogP contribution is 2.07. The number of aliphatic hydroxyl groups is 1. The first-order valence-electron chi connectivity index (χ1n) is 5.84. The fourth-order valence-corrected chi connectivity index (χ4v) is 1.53. The van der Waals surface area contributed by atoms with Crippen LogP contribution >= 0.6 is 0 Å². The Morgan fingerprint density at radius 2 is 2.06 bits per heavy atom. The molecule has 0 fully saturated rings. The van der Waals surface area contributed by atoms with Crippen molar-refractivity contribution >= 4 is 11.9 Å². The van der Waals surface area contributed by atoms with E-state index in [-0.39, 0.29) is 19.1 Å². The van der Waals surface area contributed by atoms with Crippen molar-refractivity contribution in [3.8, 4) is 0 Å². The highest BCUT2D eigenvalue weighted by atomic mass is 16.3. The number of carbonyl (C=O) groups excluding carboxylic acids is 1. The summed E-state index contributed by atoms with van der Waals surface area (Å²) in [6.07, 6.45) is 3.78. The quantitative estimate of drug-likeness (QED) is 0.755. The van der Waals surface area contributed by atoms with Gasteiger partial charge < -0.3 is 15.3 Å².